The van der Waals surface area contributed by atoms with Crippen LogP contribution < -0.4 is 5.32 Å². The molecule has 0 aromatic rings. The third kappa shape index (κ3) is 4.90. The molecule has 2 unspecified atom stereocenters. The molecule has 0 bridgehead atoms. The summed E-state index contributed by atoms with van der Waals surface area (Å²) in [5.74, 6) is 0. The Hall–Kier alpha value is 0.230. The van der Waals surface area contributed by atoms with E-state index in [4.69, 9.17) is 4.74 Å². The first-order valence-corrected chi connectivity index (χ1v) is 9.24. The molecule has 2 rings (SSSR count). The van der Waals surface area contributed by atoms with Crippen molar-refractivity contribution in [1.82, 2.24) is 10.2 Å². The van der Waals surface area contributed by atoms with E-state index >= 15 is 0 Å². The molecule has 118 valence electrons. The highest BCUT2D eigenvalue weighted by molar-refractivity contribution is 8.00. The van der Waals surface area contributed by atoms with Crippen molar-refractivity contribution in [3.8, 4) is 0 Å². The van der Waals surface area contributed by atoms with Crippen molar-refractivity contribution in [2.24, 2.45) is 5.41 Å². The number of ether oxygens (including phenoxy) is 1. The van der Waals surface area contributed by atoms with E-state index in [1.54, 1.807) is 0 Å². The van der Waals surface area contributed by atoms with E-state index in [-0.39, 0.29) is 0 Å². The van der Waals surface area contributed by atoms with Gasteiger partial charge in [-0.25, -0.2) is 0 Å². The number of hydrogen-bond acceptors (Lipinski definition) is 4. The summed E-state index contributed by atoms with van der Waals surface area (Å²) in [4.78, 5) is 2.71. The zero-order chi connectivity index (χ0) is 14.4. The number of nitrogens with zero attached hydrogens (tertiary/aromatic N) is 1. The van der Waals surface area contributed by atoms with Crippen LogP contribution in [0.5, 0.6) is 0 Å². The standard InChI is InChI=1S/C16H32N2OS/c1-4-7-17-12-16(5-8-19-9-6-16)13-18-10-14(2)20-15(3)11-18/h14-15,17H,4-13H2,1-3H3. The number of hydrogen-bond donors (Lipinski definition) is 1. The van der Waals surface area contributed by atoms with E-state index in [0.29, 0.717) is 5.41 Å². The third-order valence-electron chi connectivity index (χ3n) is 4.53. The van der Waals surface area contributed by atoms with Gasteiger partial charge in [0, 0.05) is 49.9 Å². The van der Waals surface area contributed by atoms with E-state index < -0.39 is 0 Å². The molecule has 0 aromatic carbocycles. The predicted molar refractivity (Wildman–Crippen MR) is 88.6 cm³/mol. The molecule has 2 fully saturated rings. The van der Waals surface area contributed by atoms with E-state index in [9.17, 15) is 0 Å². The molecular weight excluding hydrogens is 268 g/mol. The molecule has 0 radical (unpaired) electrons. The Kier molecular flexibility index (Phi) is 6.66. The molecule has 0 amide bonds. The Morgan fingerprint density at radius 1 is 1.20 bits per heavy atom. The maximum atomic E-state index is 5.61. The molecule has 0 aromatic heterocycles. The molecule has 1 N–H and O–H groups in total. The fraction of sp³-hybridized carbons (Fsp3) is 1.00. The molecule has 4 heteroatoms. The quantitative estimate of drug-likeness (QED) is 0.762. The zero-order valence-corrected chi connectivity index (χ0v) is 14.3. The average molecular weight is 301 g/mol. The highest BCUT2D eigenvalue weighted by Gasteiger charge is 2.36. The Morgan fingerprint density at radius 2 is 1.85 bits per heavy atom. The first-order valence-electron chi connectivity index (χ1n) is 8.30. The van der Waals surface area contributed by atoms with Gasteiger partial charge in [0.25, 0.3) is 0 Å². The molecule has 2 aliphatic heterocycles. The van der Waals surface area contributed by atoms with Crippen molar-refractivity contribution in [3.63, 3.8) is 0 Å². The second-order valence-electron chi connectivity index (χ2n) is 6.74. The summed E-state index contributed by atoms with van der Waals surface area (Å²) in [5, 5.41) is 5.22. The van der Waals surface area contributed by atoms with Crippen LogP contribution in [0, 0.1) is 5.41 Å². The normalized spacial score (nSPS) is 31.4. The van der Waals surface area contributed by atoms with Crippen LogP contribution in [0.15, 0.2) is 0 Å². The summed E-state index contributed by atoms with van der Waals surface area (Å²) in [5.41, 5.74) is 0.439. The third-order valence-corrected chi connectivity index (χ3v) is 5.76. The highest BCUT2D eigenvalue weighted by atomic mass is 32.2. The summed E-state index contributed by atoms with van der Waals surface area (Å²) in [7, 11) is 0. The van der Waals surface area contributed by atoms with Crippen molar-refractivity contribution in [3.05, 3.63) is 0 Å². The first kappa shape index (κ1) is 16.6. The van der Waals surface area contributed by atoms with E-state index in [1.807, 2.05) is 0 Å². The lowest BCUT2D eigenvalue weighted by Crippen LogP contribution is -2.51. The van der Waals surface area contributed by atoms with Crippen LogP contribution in [0.1, 0.15) is 40.0 Å². The van der Waals surface area contributed by atoms with Gasteiger partial charge in [-0.15, -0.1) is 0 Å². The van der Waals surface area contributed by atoms with Gasteiger partial charge in [0.2, 0.25) is 0 Å². The number of thioether (sulfide) groups is 1. The summed E-state index contributed by atoms with van der Waals surface area (Å²) in [6, 6.07) is 0. The minimum Gasteiger partial charge on any atom is -0.381 e. The molecular formula is C16H32N2OS. The fourth-order valence-corrected chi connectivity index (χ4v) is 5.00. The molecule has 0 saturated carbocycles. The summed E-state index contributed by atoms with van der Waals surface area (Å²) in [6.45, 7) is 15.0. The molecule has 0 aliphatic carbocycles. The Bertz CT molecular complexity index is 272. The maximum Gasteiger partial charge on any atom is 0.0472 e. The monoisotopic (exact) mass is 300 g/mol. The van der Waals surface area contributed by atoms with Crippen LogP contribution in [0.25, 0.3) is 0 Å². The van der Waals surface area contributed by atoms with Crippen molar-refractivity contribution in [2.75, 3.05) is 45.9 Å². The molecule has 2 heterocycles. The summed E-state index contributed by atoms with van der Waals surface area (Å²) < 4.78 is 5.61. The van der Waals surface area contributed by atoms with E-state index in [1.165, 1.54) is 38.9 Å². The maximum absolute atomic E-state index is 5.61. The van der Waals surface area contributed by atoms with E-state index in [2.05, 4.69) is 42.7 Å². The first-order chi connectivity index (χ1) is 9.63. The molecule has 2 aliphatic rings. The van der Waals surface area contributed by atoms with Crippen molar-refractivity contribution >= 4 is 11.8 Å². The van der Waals surface area contributed by atoms with Gasteiger partial charge in [0.15, 0.2) is 0 Å². The van der Waals surface area contributed by atoms with Crippen molar-refractivity contribution in [2.45, 2.75) is 50.5 Å². The minimum absolute atomic E-state index is 0.439. The lowest BCUT2D eigenvalue weighted by atomic mass is 9.79. The van der Waals surface area contributed by atoms with Gasteiger partial charge in [-0.1, -0.05) is 20.8 Å². The Balaban J connectivity index is 1.92. The number of rotatable bonds is 6. The van der Waals surface area contributed by atoms with Crippen LogP contribution >= 0.6 is 11.8 Å². The van der Waals surface area contributed by atoms with Gasteiger partial charge in [0.1, 0.15) is 0 Å². The molecule has 20 heavy (non-hydrogen) atoms. The van der Waals surface area contributed by atoms with Crippen LogP contribution in [0.3, 0.4) is 0 Å². The van der Waals surface area contributed by atoms with Crippen LogP contribution in [0.2, 0.25) is 0 Å². The molecule has 2 atom stereocenters. The van der Waals surface area contributed by atoms with Crippen LogP contribution in [-0.2, 0) is 4.74 Å². The highest BCUT2D eigenvalue weighted by Crippen LogP contribution is 2.33. The van der Waals surface area contributed by atoms with Gasteiger partial charge in [0.05, 0.1) is 0 Å². The van der Waals surface area contributed by atoms with Gasteiger partial charge in [-0.05, 0) is 31.2 Å². The van der Waals surface area contributed by atoms with Gasteiger partial charge < -0.3 is 15.0 Å². The average Bonchev–Trinajstić information content (AvgIpc) is 2.38. The Morgan fingerprint density at radius 3 is 2.45 bits per heavy atom. The number of nitrogens with one attached hydrogen (secondary N) is 1. The second kappa shape index (κ2) is 8.02. The smallest absolute Gasteiger partial charge is 0.0472 e. The molecule has 3 nitrogen and oxygen atoms in total. The van der Waals surface area contributed by atoms with Gasteiger partial charge >= 0.3 is 0 Å². The zero-order valence-electron chi connectivity index (χ0n) is 13.5. The van der Waals surface area contributed by atoms with Crippen LogP contribution in [-0.4, -0.2) is 61.3 Å². The Labute approximate surface area is 129 Å². The lowest BCUT2D eigenvalue weighted by Gasteiger charge is -2.44. The fourth-order valence-electron chi connectivity index (χ4n) is 3.61. The molecule has 2 saturated heterocycles. The predicted octanol–water partition coefficient (Wildman–Crippen LogP) is 2.61. The van der Waals surface area contributed by atoms with E-state index in [0.717, 1.165) is 36.8 Å². The van der Waals surface area contributed by atoms with Gasteiger partial charge in [-0.2, -0.15) is 11.8 Å². The largest absolute Gasteiger partial charge is 0.381 e. The van der Waals surface area contributed by atoms with Crippen molar-refractivity contribution in [1.29, 1.82) is 0 Å². The summed E-state index contributed by atoms with van der Waals surface area (Å²) >= 11 is 2.15. The van der Waals surface area contributed by atoms with Gasteiger partial charge in [-0.3, -0.25) is 0 Å². The summed E-state index contributed by atoms with van der Waals surface area (Å²) in [6.07, 6.45) is 3.66. The van der Waals surface area contributed by atoms with Crippen molar-refractivity contribution < 1.29 is 4.74 Å². The lowest BCUT2D eigenvalue weighted by molar-refractivity contribution is -0.00449. The van der Waals surface area contributed by atoms with Crippen LogP contribution in [0.4, 0.5) is 0 Å². The topological polar surface area (TPSA) is 24.5 Å². The molecule has 0 spiro atoms. The SMILES string of the molecule is CCCNCC1(CN2CC(C)SC(C)C2)CCOCC1. The second-order valence-corrected chi connectivity index (χ2v) is 8.62. The minimum atomic E-state index is 0.439.